The van der Waals surface area contributed by atoms with Crippen LogP contribution in [0, 0.1) is 0 Å². The van der Waals surface area contributed by atoms with Gasteiger partial charge in [0, 0.05) is 6.07 Å². The number of aliphatic hydroxyl groups is 1. The first-order valence-corrected chi connectivity index (χ1v) is 5.24. The Morgan fingerprint density at radius 2 is 1.78 bits per heavy atom. The van der Waals surface area contributed by atoms with Crippen LogP contribution in [0.1, 0.15) is 11.7 Å². The second-order valence-corrected chi connectivity index (χ2v) is 3.66. The fourth-order valence-corrected chi connectivity index (χ4v) is 1.81. The molecule has 1 aromatic carbocycles. The summed E-state index contributed by atoms with van der Waals surface area (Å²) in [4.78, 5) is 10.9. The second-order valence-electron chi connectivity index (χ2n) is 3.28. The van der Waals surface area contributed by atoms with Gasteiger partial charge < -0.3 is 24.4 Å². The van der Waals surface area contributed by atoms with E-state index in [2.05, 4.69) is 0 Å². The van der Waals surface area contributed by atoms with Gasteiger partial charge in [-0.1, -0.05) is 11.6 Å². The van der Waals surface area contributed by atoms with Gasteiger partial charge in [-0.25, -0.2) is 4.79 Å². The number of hydrogen-bond donors (Lipinski definition) is 2. The van der Waals surface area contributed by atoms with E-state index in [-0.39, 0.29) is 27.8 Å². The number of aliphatic carboxylic acids is 1. The summed E-state index contributed by atoms with van der Waals surface area (Å²) in [5, 5.41) is 18.5. The molecule has 0 bridgehead atoms. The van der Waals surface area contributed by atoms with Crippen molar-refractivity contribution < 1.29 is 29.2 Å². The van der Waals surface area contributed by atoms with Crippen molar-refractivity contribution in [2.45, 2.75) is 6.10 Å². The molecule has 1 atom stereocenters. The van der Waals surface area contributed by atoms with Crippen molar-refractivity contribution in [3.63, 3.8) is 0 Å². The minimum atomic E-state index is -1.84. The number of benzene rings is 1. The molecule has 0 saturated heterocycles. The van der Waals surface area contributed by atoms with Crippen LogP contribution in [0.5, 0.6) is 17.2 Å². The third-order valence-electron chi connectivity index (χ3n) is 2.33. The molecule has 100 valence electrons. The minimum absolute atomic E-state index is 0.0370. The molecule has 1 unspecified atom stereocenters. The van der Waals surface area contributed by atoms with E-state index in [0.29, 0.717) is 0 Å². The maximum atomic E-state index is 10.9. The van der Waals surface area contributed by atoms with Crippen LogP contribution in [0.3, 0.4) is 0 Å². The first-order valence-electron chi connectivity index (χ1n) is 4.87. The Morgan fingerprint density at radius 1 is 1.22 bits per heavy atom. The van der Waals surface area contributed by atoms with E-state index in [0.717, 1.165) is 0 Å². The smallest absolute Gasteiger partial charge is 0.337 e. The number of aliphatic hydroxyl groups excluding tert-OH is 1. The van der Waals surface area contributed by atoms with Crippen molar-refractivity contribution in [2.24, 2.45) is 0 Å². The number of hydrogen-bond acceptors (Lipinski definition) is 5. The average molecular weight is 277 g/mol. The largest absolute Gasteiger partial charge is 0.495 e. The highest BCUT2D eigenvalue weighted by Gasteiger charge is 2.28. The van der Waals surface area contributed by atoms with Gasteiger partial charge >= 0.3 is 5.97 Å². The summed E-state index contributed by atoms with van der Waals surface area (Å²) in [6.07, 6.45) is -1.84. The molecule has 1 rings (SSSR count). The van der Waals surface area contributed by atoms with Gasteiger partial charge in [-0.3, -0.25) is 0 Å². The third kappa shape index (κ3) is 2.44. The van der Waals surface area contributed by atoms with Crippen LogP contribution in [0.15, 0.2) is 6.07 Å². The Balaban J connectivity index is 3.57. The molecule has 0 radical (unpaired) electrons. The Bertz CT molecular complexity index is 459. The van der Waals surface area contributed by atoms with Gasteiger partial charge in [-0.2, -0.15) is 0 Å². The normalized spacial score (nSPS) is 11.8. The lowest BCUT2D eigenvalue weighted by molar-refractivity contribution is -0.147. The number of ether oxygens (including phenoxy) is 3. The molecule has 7 heteroatoms. The van der Waals surface area contributed by atoms with Gasteiger partial charge in [-0.05, 0) is 0 Å². The van der Waals surface area contributed by atoms with Crippen LogP contribution in [-0.2, 0) is 4.79 Å². The molecule has 18 heavy (non-hydrogen) atoms. The van der Waals surface area contributed by atoms with Crippen LogP contribution in [0.4, 0.5) is 0 Å². The molecule has 0 aliphatic carbocycles. The van der Waals surface area contributed by atoms with Gasteiger partial charge in [0.25, 0.3) is 0 Å². The molecule has 0 aliphatic rings. The lowest BCUT2D eigenvalue weighted by atomic mass is 10.1. The van der Waals surface area contributed by atoms with E-state index < -0.39 is 12.1 Å². The summed E-state index contributed by atoms with van der Waals surface area (Å²) in [6.45, 7) is 0. The topological polar surface area (TPSA) is 85.2 Å². The van der Waals surface area contributed by atoms with Gasteiger partial charge in [-0.15, -0.1) is 0 Å². The van der Waals surface area contributed by atoms with Crippen LogP contribution in [0.25, 0.3) is 0 Å². The molecule has 0 aliphatic heterocycles. The summed E-state index contributed by atoms with van der Waals surface area (Å²) in [7, 11) is 4.06. The molecule has 0 saturated carbocycles. The summed E-state index contributed by atoms with van der Waals surface area (Å²) in [6, 6.07) is 1.44. The van der Waals surface area contributed by atoms with Crippen molar-refractivity contribution in [3.8, 4) is 17.2 Å². The zero-order chi connectivity index (χ0) is 13.9. The molecule has 1 aromatic rings. The summed E-state index contributed by atoms with van der Waals surface area (Å²) in [5.41, 5.74) is -0.108. The highest BCUT2D eigenvalue weighted by molar-refractivity contribution is 6.33. The van der Waals surface area contributed by atoms with Crippen molar-refractivity contribution in [1.82, 2.24) is 0 Å². The summed E-state index contributed by atoms with van der Waals surface area (Å²) < 4.78 is 15.1. The molecule has 0 amide bonds. The molecular formula is C11H13ClO6. The molecule has 0 aromatic heterocycles. The number of rotatable bonds is 5. The Hall–Kier alpha value is -1.66. The maximum Gasteiger partial charge on any atom is 0.337 e. The number of carboxylic acid groups (broad SMARTS) is 1. The van der Waals surface area contributed by atoms with E-state index in [1.807, 2.05) is 0 Å². The fraction of sp³-hybridized carbons (Fsp3) is 0.364. The average Bonchev–Trinajstić information content (AvgIpc) is 2.36. The van der Waals surface area contributed by atoms with Crippen molar-refractivity contribution in [1.29, 1.82) is 0 Å². The fourth-order valence-electron chi connectivity index (χ4n) is 1.49. The zero-order valence-electron chi connectivity index (χ0n) is 10.1. The van der Waals surface area contributed by atoms with E-state index in [4.69, 9.17) is 30.9 Å². The van der Waals surface area contributed by atoms with Gasteiger partial charge in [0.05, 0.1) is 31.9 Å². The Kier molecular flexibility index (Phi) is 4.63. The van der Waals surface area contributed by atoms with E-state index in [1.165, 1.54) is 27.4 Å². The number of carbonyl (C=O) groups is 1. The van der Waals surface area contributed by atoms with E-state index in [9.17, 15) is 9.90 Å². The lowest BCUT2D eigenvalue weighted by Gasteiger charge is -2.18. The zero-order valence-corrected chi connectivity index (χ0v) is 10.8. The van der Waals surface area contributed by atoms with Gasteiger partial charge in [0.15, 0.2) is 17.6 Å². The first-order chi connectivity index (χ1) is 8.47. The molecule has 0 heterocycles. The van der Waals surface area contributed by atoms with Crippen molar-refractivity contribution in [2.75, 3.05) is 21.3 Å². The quantitative estimate of drug-likeness (QED) is 0.847. The first kappa shape index (κ1) is 14.4. The molecule has 0 spiro atoms. The van der Waals surface area contributed by atoms with Gasteiger partial charge in [0.1, 0.15) is 5.75 Å². The number of methoxy groups -OCH3 is 3. The van der Waals surface area contributed by atoms with Crippen LogP contribution in [0.2, 0.25) is 5.02 Å². The van der Waals surface area contributed by atoms with Crippen molar-refractivity contribution >= 4 is 17.6 Å². The summed E-state index contributed by atoms with van der Waals surface area (Å²) >= 11 is 5.98. The van der Waals surface area contributed by atoms with Crippen LogP contribution in [-0.4, -0.2) is 37.5 Å². The number of halogens is 1. The highest BCUT2D eigenvalue weighted by atomic mass is 35.5. The van der Waals surface area contributed by atoms with Crippen LogP contribution < -0.4 is 14.2 Å². The minimum Gasteiger partial charge on any atom is -0.495 e. The van der Waals surface area contributed by atoms with E-state index >= 15 is 0 Å². The van der Waals surface area contributed by atoms with E-state index in [1.54, 1.807) is 0 Å². The Labute approximate surface area is 109 Å². The molecule has 6 nitrogen and oxygen atoms in total. The monoisotopic (exact) mass is 276 g/mol. The molecule has 0 fully saturated rings. The van der Waals surface area contributed by atoms with Gasteiger partial charge in [0.2, 0.25) is 0 Å². The SMILES string of the molecule is COc1cc(OC)c(OC)c(C(O)C(=O)O)c1Cl. The standard InChI is InChI=1S/C11H13ClO6/c1-16-5-4-6(17-2)10(18-3)7(8(5)12)9(13)11(14)15/h4,9,13H,1-3H3,(H,14,15). The number of carboxylic acids is 1. The predicted octanol–water partition coefficient (Wildman–Crippen LogP) is 1.48. The Morgan fingerprint density at radius 3 is 2.17 bits per heavy atom. The second kappa shape index (κ2) is 5.79. The highest BCUT2D eigenvalue weighted by Crippen LogP contribution is 2.45. The third-order valence-corrected chi connectivity index (χ3v) is 2.72. The van der Waals surface area contributed by atoms with Crippen molar-refractivity contribution in [3.05, 3.63) is 16.7 Å². The summed E-state index contributed by atoms with van der Waals surface area (Å²) in [5.74, 6) is -0.998. The molecular weight excluding hydrogens is 264 g/mol. The maximum absolute atomic E-state index is 10.9. The lowest BCUT2D eigenvalue weighted by Crippen LogP contribution is -2.13. The van der Waals surface area contributed by atoms with Crippen LogP contribution >= 0.6 is 11.6 Å². The molecule has 2 N–H and O–H groups in total. The predicted molar refractivity (Wildman–Crippen MR) is 63.7 cm³/mol.